The molecule has 14 heteroatoms. The Morgan fingerprint density at radius 3 is 1.33 bits per heavy atom. The molecule has 12 atom stereocenters. The summed E-state index contributed by atoms with van der Waals surface area (Å²) in [6, 6.07) is -0.944. The number of unbranched alkanes of at least 4 members (excludes halogenated alkanes) is 22. The minimum atomic E-state index is -1.80. The number of allylic oxidation sites excluding steroid dienone is 17. The maximum atomic E-state index is 13.3. The Labute approximate surface area is 502 Å². The Balaban J connectivity index is 1.68. The third kappa shape index (κ3) is 37.7. The van der Waals surface area contributed by atoms with Crippen LogP contribution in [0.15, 0.2) is 109 Å². The molecule has 2 aliphatic rings. The van der Waals surface area contributed by atoms with Crippen molar-refractivity contribution in [1.29, 1.82) is 0 Å². The number of hydrogen-bond donors (Lipinski definition) is 9. The molecule has 0 bridgehead atoms. The molecule has 0 spiro atoms. The number of rotatable bonds is 51. The van der Waals surface area contributed by atoms with Gasteiger partial charge in [-0.2, -0.15) is 0 Å². The average molecular weight is 1170 g/mol. The van der Waals surface area contributed by atoms with Crippen LogP contribution in [0.25, 0.3) is 0 Å². The molecule has 0 aromatic rings. The molecule has 9 N–H and O–H groups in total. The second-order valence-corrected chi connectivity index (χ2v) is 22.5. The van der Waals surface area contributed by atoms with Gasteiger partial charge in [0, 0.05) is 6.42 Å². The zero-order valence-electron chi connectivity index (χ0n) is 51.4. The zero-order chi connectivity index (χ0) is 60.2. The first-order chi connectivity index (χ1) is 40.6. The van der Waals surface area contributed by atoms with Crippen LogP contribution in [0.3, 0.4) is 0 Å². The predicted octanol–water partition coefficient (Wildman–Crippen LogP) is 12.4. The van der Waals surface area contributed by atoms with Gasteiger partial charge in [0.05, 0.1) is 32.0 Å². The molecular weight excluding hydrogens is 1050 g/mol. The summed E-state index contributed by atoms with van der Waals surface area (Å²) in [5.41, 5.74) is 0. The van der Waals surface area contributed by atoms with Gasteiger partial charge in [-0.15, -0.1) is 0 Å². The molecule has 83 heavy (non-hydrogen) atoms. The molecule has 0 aromatic carbocycles. The van der Waals surface area contributed by atoms with Crippen molar-refractivity contribution in [3.05, 3.63) is 109 Å². The van der Waals surface area contributed by atoms with Crippen LogP contribution in [-0.2, 0) is 23.7 Å². The highest BCUT2D eigenvalue weighted by Crippen LogP contribution is 2.30. The van der Waals surface area contributed by atoms with Gasteiger partial charge in [0.25, 0.3) is 0 Å². The molecule has 2 aliphatic heterocycles. The minimum Gasteiger partial charge on any atom is -0.394 e. The summed E-state index contributed by atoms with van der Waals surface area (Å²) in [5, 5.41) is 87.2. The summed E-state index contributed by atoms with van der Waals surface area (Å²) in [6.45, 7) is 2.64. The van der Waals surface area contributed by atoms with E-state index in [2.05, 4.69) is 116 Å². The van der Waals surface area contributed by atoms with E-state index in [-0.39, 0.29) is 18.9 Å². The van der Waals surface area contributed by atoms with Gasteiger partial charge >= 0.3 is 0 Å². The molecule has 0 aromatic heterocycles. The van der Waals surface area contributed by atoms with E-state index in [1.165, 1.54) is 109 Å². The average Bonchev–Trinajstić information content (AvgIpc) is 3.63. The normalized spacial score (nSPS) is 24.6. The van der Waals surface area contributed by atoms with Crippen molar-refractivity contribution in [2.45, 2.75) is 299 Å². The largest absolute Gasteiger partial charge is 0.394 e. The highest BCUT2D eigenvalue weighted by molar-refractivity contribution is 5.76. The fourth-order valence-electron chi connectivity index (χ4n) is 9.97. The van der Waals surface area contributed by atoms with Crippen molar-refractivity contribution in [2.24, 2.45) is 0 Å². The van der Waals surface area contributed by atoms with Gasteiger partial charge in [-0.05, 0) is 96.3 Å². The maximum Gasteiger partial charge on any atom is 0.220 e. The number of carbonyl (C=O) groups is 1. The first-order valence-electron chi connectivity index (χ1n) is 32.6. The van der Waals surface area contributed by atoms with Crippen molar-refractivity contribution in [1.82, 2.24) is 5.32 Å². The number of nitrogens with one attached hydrogen (secondary N) is 1. The van der Waals surface area contributed by atoms with E-state index in [9.17, 15) is 45.6 Å². The summed E-state index contributed by atoms with van der Waals surface area (Å²) >= 11 is 0. The summed E-state index contributed by atoms with van der Waals surface area (Å²) in [7, 11) is 0. The standard InChI is InChI=1S/C69H117NO13/c1-3-5-7-9-11-13-15-17-19-21-22-23-24-25-26-27-28-29-30-31-32-33-34-35-36-37-39-41-43-45-47-49-51-53-61(74)70-57(58(73)52-50-48-46-44-42-40-38-20-18-16-14-12-10-8-6-4-2)56-80-68-66(79)64(77)67(60(55-72)82-68)83-69-65(78)63(76)62(75)59(54-71)81-69/h5,7,11,13,17-20,22-23,25-26,28-29,42,44,50,52,57-60,62-69,71-73,75-79H,3-4,6,8-10,12,14-16,21,24,27,30-41,43,45-49,51,53-56H2,1-2H3,(H,70,74)/b7-5-,13-11-,19-17-,20-18+,23-22-,26-25-,29-28-,44-42+,52-50+. The van der Waals surface area contributed by atoms with E-state index in [1.807, 2.05) is 6.08 Å². The topological polar surface area (TPSA) is 228 Å². The second kappa shape index (κ2) is 52.9. The highest BCUT2D eigenvalue weighted by Gasteiger charge is 2.51. The first kappa shape index (κ1) is 75.7. The molecule has 1 amide bonds. The van der Waals surface area contributed by atoms with Crippen molar-refractivity contribution in [3.8, 4) is 0 Å². The van der Waals surface area contributed by atoms with Gasteiger partial charge in [-0.1, -0.05) is 232 Å². The number of hydrogen-bond acceptors (Lipinski definition) is 13. The number of ether oxygens (including phenoxy) is 4. The molecule has 2 rings (SSSR count). The Morgan fingerprint density at radius 1 is 0.446 bits per heavy atom. The van der Waals surface area contributed by atoms with Crippen molar-refractivity contribution in [2.75, 3.05) is 19.8 Å². The quantitative estimate of drug-likeness (QED) is 0.0204. The Hall–Kier alpha value is -3.35. The van der Waals surface area contributed by atoms with Gasteiger partial charge in [-0.3, -0.25) is 4.79 Å². The lowest BCUT2D eigenvalue weighted by Crippen LogP contribution is -2.65. The zero-order valence-corrected chi connectivity index (χ0v) is 51.4. The van der Waals surface area contributed by atoms with E-state index in [4.69, 9.17) is 18.9 Å². The third-order valence-corrected chi connectivity index (χ3v) is 15.2. The van der Waals surface area contributed by atoms with Crippen molar-refractivity contribution in [3.63, 3.8) is 0 Å². The summed E-state index contributed by atoms with van der Waals surface area (Å²) < 4.78 is 22.8. The second-order valence-electron chi connectivity index (χ2n) is 22.5. The van der Waals surface area contributed by atoms with Gasteiger partial charge in [0.1, 0.15) is 48.8 Å². The Morgan fingerprint density at radius 2 is 0.843 bits per heavy atom. The first-order valence-corrected chi connectivity index (χ1v) is 32.6. The van der Waals surface area contributed by atoms with E-state index in [0.717, 1.165) is 83.5 Å². The number of carbonyl (C=O) groups excluding carboxylic acids is 1. The fraction of sp³-hybridized carbons (Fsp3) is 0.725. The van der Waals surface area contributed by atoms with E-state index < -0.39 is 86.8 Å². The van der Waals surface area contributed by atoms with Crippen LogP contribution < -0.4 is 5.32 Å². The molecule has 476 valence electrons. The SMILES string of the molecule is CC/C=C\C/C=C\C/C=C\C/C=C\C/C=C\C/C=C\CCCCCCCCCCCCCCCCC(=O)NC(COC1OC(CO)C(OC2OC(CO)C(O)C(O)C2O)C(O)C1O)C(O)/C=C/CC/C=C/CC/C=C/CCCCCCCC. The lowest BCUT2D eigenvalue weighted by molar-refractivity contribution is -0.359. The lowest BCUT2D eigenvalue weighted by atomic mass is 9.97. The van der Waals surface area contributed by atoms with E-state index in [0.29, 0.717) is 12.8 Å². The number of amides is 1. The molecule has 12 unspecified atom stereocenters. The molecular formula is C69H117NO13. The maximum absolute atomic E-state index is 13.3. The van der Waals surface area contributed by atoms with Gasteiger partial charge in [0.15, 0.2) is 12.6 Å². The van der Waals surface area contributed by atoms with Gasteiger partial charge in [0.2, 0.25) is 5.91 Å². The van der Waals surface area contributed by atoms with E-state index >= 15 is 0 Å². The van der Waals surface area contributed by atoms with Crippen LogP contribution >= 0.6 is 0 Å². The molecule has 2 saturated heterocycles. The van der Waals surface area contributed by atoms with Gasteiger partial charge in [-0.25, -0.2) is 0 Å². The molecule has 2 fully saturated rings. The van der Waals surface area contributed by atoms with Crippen LogP contribution in [0.2, 0.25) is 0 Å². The number of aliphatic hydroxyl groups is 8. The summed E-state index contributed by atoms with van der Waals surface area (Å²) in [4.78, 5) is 13.3. The molecule has 0 aliphatic carbocycles. The Bertz CT molecular complexity index is 1810. The summed E-state index contributed by atoms with van der Waals surface area (Å²) in [5.74, 6) is -0.258. The molecule has 14 nitrogen and oxygen atoms in total. The van der Waals surface area contributed by atoms with Crippen LogP contribution in [0.1, 0.15) is 226 Å². The van der Waals surface area contributed by atoms with Crippen LogP contribution in [0, 0.1) is 0 Å². The van der Waals surface area contributed by atoms with Crippen molar-refractivity contribution >= 4 is 5.91 Å². The molecule has 2 heterocycles. The van der Waals surface area contributed by atoms with Crippen LogP contribution in [0.4, 0.5) is 0 Å². The third-order valence-electron chi connectivity index (χ3n) is 15.2. The van der Waals surface area contributed by atoms with Crippen LogP contribution in [0.5, 0.6) is 0 Å². The monoisotopic (exact) mass is 1170 g/mol. The van der Waals surface area contributed by atoms with Crippen molar-refractivity contribution < 1.29 is 64.6 Å². The lowest BCUT2D eigenvalue weighted by Gasteiger charge is -2.46. The number of aliphatic hydroxyl groups excluding tert-OH is 8. The van der Waals surface area contributed by atoms with Gasteiger partial charge < -0.3 is 65.1 Å². The van der Waals surface area contributed by atoms with E-state index in [1.54, 1.807) is 6.08 Å². The van der Waals surface area contributed by atoms with Crippen LogP contribution in [-0.4, -0.2) is 140 Å². The fourth-order valence-corrected chi connectivity index (χ4v) is 9.97. The Kier molecular flexibility index (Phi) is 48.3. The molecule has 0 radical (unpaired) electrons. The predicted molar refractivity (Wildman–Crippen MR) is 336 cm³/mol. The highest BCUT2D eigenvalue weighted by atomic mass is 16.7. The molecule has 0 saturated carbocycles. The smallest absolute Gasteiger partial charge is 0.220 e. The summed E-state index contributed by atoms with van der Waals surface area (Å²) in [6.07, 6.45) is 58.5. The minimum absolute atomic E-state index is 0.258.